The van der Waals surface area contributed by atoms with Crippen LogP contribution in [0.25, 0.3) is 0 Å². The summed E-state index contributed by atoms with van der Waals surface area (Å²) < 4.78 is 5.32. The molecule has 2 aromatic carbocycles. The molecule has 0 saturated carbocycles. The number of aryl methyl sites for hydroxylation is 2. The monoisotopic (exact) mass is 366 g/mol. The smallest absolute Gasteiger partial charge is 0.279 e. The Morgan fingerprint density at radius 1 is 1.11 bits per heavy atom. The molecule has 5 heteroatoms. The van der Waals surface area contributed by atoms with Gasteiger partial charge in [0.05, 0.1) is 33.3 Å². The van der Waals surface area contributed by atoms with E-state index in [-0.39, 0.29) is 5.91 Å². The number of rotatable bonds is 5. The van der Waals surface area contributed by atoms with Gasteiger partial charge in [-0.25, -0.2) is 0 Å². The predicted molar refractivity (Wildman–Crippen MR) is 108 cm³/mol. The molecule has 2 N–H and O–H groups in total. The molecule has 4 rings (SSSR count). The summed E-state index contributed by atoms with van der Waals surface area (Å²) in [4.78, 5) is 16.2. The van der Waals surface area contributed by atoms with Gasteiger partial charge < -0.3 is 19.9 Å². The highest BCUT2D eigenvalue weighted by molar-refractivity contribution is 5.91. The number of anilines is 2. The number of methoxy groups -OCH3 is 1. The lowest BCUT2D eigenvalue weighted by Crippen LogP contribution is -3.15. The molecular formula is C22H28N3O2+. The van der Waals surface area contributed by atoms with Crippen LogP contribution in [0.15, 0.2) is 42.5 Å². The number of nitrogens with zero attached hydrogens (tertiary/aromatic N) is 1. The van der Waals surface area contributed by atoms with Gasteiger partial charge in [0.2, 0.25) is 0 Å². The minimum atomic E-state index is 0.109. The maximum atomic E-state index is 12.5. The van der Waals surface area contributed by atoms with Gasteiger partial charge in [-0.1, -0.05) is 12.1 Å². The van der Waals surface area contributed by atoms with E-state index in [2.05, 4.69) is 34.5 Å². The van der Waals surface area contributed by atoms with Crippen LogP contribution < -0.4 is 19.9 Å². The van der Waals surface area contributed by atoms with E-state index in [1.54, 1.807) is 7.11 Å². The van der Waals surface area contributed by atoms with E-state index in [1.165, 1.54) is 34.6 Å². The molecule has 27 heavy (non-hydrogen) atoms. The number of nitrogens with one attached hydrogen (secondary N) is 2. The molecule has 1 aliphatic carbocycles. The van der Waals surface area contributed by atoms with E-state index in [0.717, 1.165) is 44.0 Å². The third-order valence-corrected chi connectivity index (χ3v) is 5.68. The first-order valence-electron chi connectivity index (χ1n) is 9.85. The third-order valence-electron chi connectivity index (χ3n) is 5.68. The summed E-state index contributed by atoms with van der Waals surface area (Å²) in [5, 5.41) is 3.09. The van der Waals surface area contributed by atoms with Crippen LogP contribution in [-0.2, 0) is 17.6 Å². The second-order valence-electron chi connectivity index (χ2n) is 7.50. The molecule has 1 saturated heterocycles. The topological polar surface area (TPSA) is 46.0 Å². The van der Waals surface area contributed by atoms with Crippen molar-refractivity contribution in [2.45, 2.75) is 19.3 Å². The van der Waals surface area contributed by atoms with Crippen molar-refractivity contribution >= 4 is 17.3 Å². The van der Waals surface area contributed by atoms with Crippen molar-refractivity contribution in [1.82, 2.24) is 0 Å². The van der Waals surface area contributed by atoms with Crippen LogP contribution in [0, 0.1) is 0 Å². The van der Waals surface area contributed by atoms with Crippen LogP contribution in [0.2, 0.25) is 0 Å². The van der Waals surface area contributed by atoms with E-state index in [9.17, 15) is 4.79 Å². The molecule has 1 fully saturated rings. The molecule has 1 amide bonds. The van der Waals surface area contributed by atoms with Gasteiger partial charge in [0.25, 0.3) is 5.91 Å². The standard InChI is InChI=1S/C22H27N3O2/c1-27-21-7-3-6-20(15-21)25-12-10-24(11-13-25)16-22(26)23-19-9-8-17-4-2-5-18(17)14-19/h3,6-9,14-15H,2,4-5,10-13,16H2,1H3,(H,23,26)/p+1. The molecule has 142 valence electrons. The van der Waals surface area contributed by atoms with E-state index in [4.69, 9.17) is 4.74 Å². The Kier molecular flexibility index (Phi) is 5.30. The van der Waals surface area contributed by atoms with Crippen LogP contribution in [0.4, 0.5) is 11.4 Å². The second kappa shape index (κ2) is 8.01. The highest BCUT2D eigenvalue weighted by Crippen LogP contribution is 2.24. The summed E-state index contributed by atoms with van der Waals surface area (Å²) in [6.07, 6.45) is 3.54. The molecule has 1 aliphatic heterocycles. The van der Waals surface area contributed by atoms with Gasteiger partial charge in [-0.3, -0.25) is 4.79 Å². The van der Waals surface area contributed by atoms with E-state index in [1.807, 2.05) is 18.2 Å². The molecule has 2 aliphatic rings. The van der Waals surface area contributed by atoms with Gasteiger partial charge in [-0.2, -0.15) is 0 Å². The van der Waals surface area contributed by atoms with Crippen molar-refractivity contribution in [3.8, 4) is 5.75 Å². The first-order chi connectivity index (χ1) is 13.2. The molecule has 0 unspecified atom stereocenters. The zero-order valence-electron chi connectivity index (χ0n) is 16.0. The van der Waals surface area contributed by atoms with Crippen molar-refractivity contribution < 1.29 is 14.4 Å². The lowest BCUT2D eigenvalue weighted by molar-refractivity contribution is -0.892. The van der Waals surface area contributed by atoms with Gasteiger partial charge in [0, 0.05) is 17.4 Å². The van der Waals surface area contributed by atoms with Crippen molar-refractivity contribution in [3.05, 3.63) is 53.6 Å². The summed E-state index contributed by atoms with van der Waals surface area (Å²) >= 11 is 0. The number of piperazine rings is 1. The first-order valence-corrected chi connectivity index (χ1v) is 9.85. The molecule has 0 aromatic heterocycles. The van der Waals surface area contributed by atoms with Crippen LogP contribution in [-0.4, -0.2) is 45.7 Å². The lowest BCUT2D eigenvalue weighted by atomic mass is 10.1. The van der Waals surface area contributed by atoms with Gasteiger partial charge >= 0.3 is 0 Å². The minimum absolute atomic E-state index is 0.109. The summed E-state index contributed by atoms with van der Waals surface area (Å²) in [5.41, 5.74) is 4.96. The fourth-order valence-electron chi connectivity index (χ4n) is 4.15. The largest absolute Gasteiger partial charge is 0.497 e. The predicted octanol–water partition coefficient (Wildman–Crippen LogP) is 1.53. The average Bonchev–Trinajstić information content (AvgIpc) is 3.16. The highest BCUT2D eigenvalue weighted by atomic mass is 16.5. The molecular weight excluding hydrogens is 338 g/mol. The minimum Gasteiger partial charge on any atom is -0.497 e. The van der Waals surface area contributed by atoms with Crippen LogP contribution >= 0.6 is 0 Å². The quantitative estimate of drug-likeness (QED) is 0.844. The summed E-state index contributed by atoms with van der Waals surface area (Å²) in [6, 6.07) is 14.5. The van der Waals surface area contributed by atoms with E-state index >= 15 is 0 Å². The number of ether oxygens (including phenoxy) is 1. The Bertz CT molecular complexity index is 813. The van der Waals surface area contributed by atoms with Gasteiger partial charge in [0.15, 0.2) is 6.54 Å². The number of quaternary nitrogens is 1. The zero-order valence-corrected chi connectivity index (χ0v) is 16.0. The van der Waals surface area contributed by atoms with Crippen molar-refractivity contribution in [2.75, 3.05) is 50.1 Å². The highest BCUT2D eigenvalue weighted by Gasteiger charge is 2.23. The lowest BCUT2D eigenvalue weighted by Gasteiger charge is -2.33. The fraction of sp³-hybridized carbons (Fsp3) is 0.409. The Hall–Kier alpha value is -2.53. The number of benzene rings is 2. The maximum Gasteiger partial charge on any atom is 0.279 e. The van der Waals surface area contributed by atoms with Crippen molar-refractivity contribution in [1.29, 1.82) is 0 Å². The van der Waals surface area contributed by atoms with Crippen molar-refractivity contribution in [3.63, 3.8) is 0 Å². The van der Waals surface area contributed by atoms with Gasteiger partial charge in [0.1, 0.15) is 5.75 Å². The normalized spacial score (nSPS) is 16.9. The Labute approximate surface area is 160 Å². The number of carbonyl (C=O) groups is 1. The third kappa shape index (κ3) is 4.25. The Morgan fingerprint density at radius 2 is 1.93 bits per heavy atom. The Morgan fingerprint density at radius 3 is 2.74 bits per heavy atom. The number of hydrogen-bond donors (Lipinski definition) is 2. The molecule has 0 bridgehead atoms. The van der Waals surface area contributed by atoms with E-state index in [0.29, 0.717) is 6.54 Å². The number of amides is 1. The second-order valence-corrected chi connectivity index (χ2v) is 7.50. The summed E-state index contributed by atoms with van der Waals surface area (Å²) in [6.45, 7) is 4.37. The number of carbonyl (C=O) groups excluding carboxylic acids is 1. The molecule has 0 radical (unpaired) electrons. The van der Waals surface area contributed by atoms with Gasteiger partial charge in [-0.15, -0.1) is 0 Å². The fourth-order valence-corrected chi connectivity index (χ4v) is 4.15. The average molecular weight is 366 g/mol. The summed E-state index contributed by atoms with van der Waals surface area (Å²) in [5.74, 6) is 0.994. The molecule has 5 nitrogen and oxygen atoms in total. The van der Waals surface area contributed by atoms with Crippen molar-refractivity contribution in [2.24, 2.45) is 0 Å². The Balaban J connectivity index is 1.28. The summed E-state index contributed by atoms with van der Waals surface area (Å²) in [7, 11) is 1.70. The number of hydrogen-bond acceptors (Lipinski definition) is 3. The molecule has 2 aromatic rings. The maximum absolute atomic E-state index is 12.5. The van der Waals surface area contributed by atoms with Gasteiger partial charge in [-0.05, 0) is 54.7 Å². The number of fused-ring (bicyclic) bond motifs is 1. The van der Waals surface area contributed by atoms with Crippen LogP contribution in [0.1, 0.15) is 17.5 Å². The SMILES string of the molecule is COc1cccc(N2CC[NH+](CC(=O)Nc3ccc4c(c3)CCC4)CC2)c1. The first kappa shape index (κ1) is 17.9. The zero-order chi connectivity index (χ0) is 18.6. The molecule has 1 heterocycles. The van der Waals surface area contributed by atoms with E-state index < -0.39 is 0 Å². The molecule has 0 spiro atoms. The van der Waals surface area contributed by atoms with Crippen LogP contribution in [0.3, 0.4) is 0 Å². The molecule has 0 atom stereocenters. The van der Waals surface area contributed by atoms with Crippen LogP contribution in [0.5, 0.6) is 5.75 Å².